The molecule has 1 aromatic heterocycles. The average molecular weight is 421 g/mol. The maximum absolute atomic E-state index is 12.0. The van der Waals surface area contributed by atoms with E-state index in [-0.39, 0.29) is 5.75 Å². The van der Waals surface area contributed by atoms with Crippen molar-refractivity contribution in [1.82, 2.24) is 4.98 Å². The molecule has 1 N–H and O–H groups in total. The lowest BCUT2D eigenvalue weighted by atomic mass is 10.2. The van der Waals surface area contributed by atoms with Gasteiger partial charge in [-0.3, -0.25) is 4.79 Å². The molecule has 0 unspecified atom stereocenters. The number of thiazole rings is 1. The second kappa shape index (κ2) is 8.98. The monoisotopic (exact) mass is 420 g/mol. The third-order valence-electron chi connectivity index (χ3n) is 3.36. The Labute approximate surface area is 161 Å². The van der Waals surface area contributed by atoms with Gasteiger partial charge >= 0.3 is 0 Å². The summed E-state index contributed by atoms with van der Waals surface area (Å²) in [4.78, 5) is 16.2. The Morgan fingerprint density at radius 2 is 2.04 bits per heavy atom. The van der Waals surface area contributed by atoms with Gasteiger partial charge in [0.25, 0.3) is 0 Å². The molecule has 2 rings (SSSR count). The number of aromatic nitrogens is 1. The van der Waals surface area contributed by atoms with Crippen molar-refractivity contribution >= 4 is 55.4 Å². The van der Waals surface area contributed by atoms with E-state index in [9.17, 15) is 13.2 Å². The highest BCUT2D eigenvalue weighted by atomic mass is 35.5. The van der Waals surface area contributed by atoms with E-state index in [4.69, 9.17) is 23.2 Å². The van der Waals surface area contributed by atoms with Gasteiger partial charge in [0.15, 0.2) is 15.0 Å². The van der Waals surface area contributed by atoms with Crippen molar-refractivity contribution in [3.05, 3.63) is 33.6 Å². The number of carbonyl (C=O) groups excluding carboxylic acids is 1. The lowest BCUT2D eigenvalue weighted by Gasteiger charge is -2.04. The smallest absolute Gasteiger partial charge is 0.241 e. The highest BCUT2D eigenvalue weighted by Gasteiger charge is 2.18. The summed E-state index contributed by atoms with van der Waals surface area (Å²) in [6, 6.07) is 5.02. The molecule has 0 aliphatic carbocycles. The molecule has 0 fully saturated rings. The van der Waals surface area contributed by atoms with E-state index in [0.717, 1.165) is 12.8 Å². The Balaban J connectivity index is 2.01. The fourth-order valence-electron chi connectivity index (χ4n) is 2.15. The molecule has 1 aromatic carbocycles. The molecule has 0 saturated heterocycles. The molecule has 136 valence electrons. The normalized spacial score (nSPS) is 11.5. The zero-order chi connectivity index (χ0) is 18.4. The Hall–Kier alpha value is -1.15. The first-order chi connectivity index (χ1) is 11.8. The summed E-state index contributed by atoms with van der Waals surface area (Å²) in [5, 5.41) is 5.59. The minimum atomic E-state index is -3.40. The summed E-state index contributed by atoms with van der Waals surface area (Å²) in [5.41, 5.74) is 1.22. The van der Waals surface area contributed by atoms with Gasteiger partial charge in [0, 0.05) is 16.0 Å². The average Bonchev–Trinajstić information content (AvgIpc) is 2.97. The first-order valence-corrected chi connectivity index (χ1v) is 11.2. The second-order valence-electron chi connectivity index (χ2n) is 5.51. The molecule has 1 heterocycles. The van der Waals surface area contributed by atoms with Crippen LogP contribution < -0.4 is 5.32 Å². The maximum atomic E-state index is 12.0. The zero-order valence-corrected chi connectivity index (χ0v) is 16.7. The van der Waals surface area contributed by atoms with Crippen LogP contribution in [0.25, 0.3) is 11.3 Å². The van der Waals surface area contributed by atoms with Gasteiger partial charge in [0.1, 0.15) is 5.75 Å². The van der Waals surface area contributed by atoms with Crippen LogP contribution in [0.4, 0.5) is 5.13 Å². The van der Waals surface area contributed by atoms with Crippen LogP contribution in [0.2, 0.25) is 10.0 Å². The summed E-state index contributed by atoms with van der Waals surface area (Å²) in [7, 11) is -3.40. The van der Waals surface area contributed by atoms with Gasteiger partial charge in [-0.05, 0) is 24.6 Å². The maximum Gasteiger partial charge on any atom is 0.241 e. The van der Waals surface area contributed by atoms with Crippen LogP contribution >= 0.6 is 34.5 Å². The van der Waals surface area contributed by atoms with Gasteiger partial charge in [-0.15, -0.1) is 11.3 Å². The van der Waals surface area contributed by atoms with Crippen molar-refractivity contribution in [1.29, 1.82) is 0 Å². The number of hydrogen-bond acceptors (Lipinski definition) is 5. The molecule has 9 heteroatoms. The van der Waals surface area contributed by atoms with Crippen molar-refractivity contribution in [2.24, 2.45) is 0 Å². The van der Waals surface area contributed by atoms with Gasteiger partial charge in [0.2, 0.25) is 5.91 Å². The van der Waals surface area contributed by atoms with Crippen LogP contribution in [-0.2, 0) is 14.6 Å². The fourth-order valence-corrected chi connectivity index (χ4v) is 4.52. The van der Waals surface area contributed by atoms with E-state index in [1.807, 2.05) is 6.92 Å². The van der Waals surface area contributed by atoms with E-state index >= 15 is 0 Å². The predicted octanol–water partition coefficient (Wildman–Crippen LogP) is 4.66. The number of hydrogen-bond donors (Lipinski definition) is 1. The third-order valence-corrected chi connectivity index (χ3v) is 6.30. The molecule has 5 nitrogen and oxygen atoms in total. The lowest BCUT2D eigenvalue weighted by Crippen LogP contribution is -2.24. The second-order valence-corrected chi connectivity index (χ2v) is 9.40. The molecule has 1 amide bonds. The highest BCUT2D eigenvalue weighted by molar-refractivity contribution is 7.92. The van der Waals surface area contributed by atoms with E-state index in [0.29, 0.717) is 32.9 Å². The van der Waals surface area contributed by atoms with Crippen molar-refractivity contribution in [3.8, 4) is 11.3 Å². The number of sulfone groups is 1. The molecule has 0 aliphatic heterocycles. The van der Waals surface area contributed by atoms with Crippen LogP contribution in [0.1, 0.15) is 26.2 Å². The van der Waals surface area contributed by atoms with Gasteiger partial charge in [-0.2, -0.15) is 0 Å². The zero-order valence-electron chi connectivity index (χ0n) is 13.6. The summed E-state index contributed by atoms with van der Waals surface area (Å²) < 4.78 is 23.8. The Bertz CT molecular complexity index is 851. The number of amides is 1. The molecule has 25 heavy (non-hydrogen) atoms. The van der Waals surface area contributed by atoms with Crippen LogP contribution in [0.15, 0.2) is 23.6 Å². The van der Waals surface area contributed by atoms with Gasteiger partial charge in [-0.25, -0.2) is 13.4 Å². The van der Waals surface area contributed by atoms with Crippen LogP contribution in [0.5, 0.6) is 0 Å². The Morgan fingerprint density at radius 3 is 2.76 bits per heavy atom. The molecule has 0 spiro atoms. The van der Waals surface area contributed by atoms with Crippen molar-refractivity contribution < 1.29 is 13.2 Å². The largest absolute Gasteiger partial charge is 0.301 e. The minimum Gasteiger partial charge on any atom is -0.301 e. The summed E-state index contributed by atoms with van der Waals surface area (Å²) >= 11 is 13.3. The summed E-state index contributed by atoms with van der Waals surface area (Å²) in [6.07, 6.45) is 2.33. The standard InChI is InChI=1S/C16H18Cl2N2O3S2/c1-2-3-4-7-25(22,23)10-15(21)20-16-19-14(9-24-16)12-8-11(17)5-6-13(12)18/h5-6,8-9H,2-4,7,10H2,1H3,(H,19,20,21). The number of nitrogens with one attached hydrogen (secondary N) is 1. The summed E-state index contributed by atoms with van der Waals surface area (Å²) in [6.45, 7) is 1.99. The van der Waals surface area contributed by atoms with Gasteiger partial charge in [-0.1, -0.05) is 43.0 Å². The quantitative estimate of drug-likeness (QED) is 0.629. The Kier molecular flexibility index (Phi) is 7.25. The van der Waals surface area contributed by atoms with E-state index in [1.165, 1.54) is 11.3 Å². The number of halogens is 2. The summed E-state index contributed by atoms with van der Waals surface area (Å²) in [5.74, 6) is -1.10. The highest BCUT2D eigenvalue weighted by Crippen LogP contribution is 2.32. The first-order valence-electron chi connectivity index (χ1n) is 7.72. The number of carbonyl (C=O) groups is 1. The van der Waals surface area contributed by atoms with Crippen LogP contribution in [0.3, 0.4) is 0 Å². The minimum absolute atomic E-state index is 0.0233. The molecular weight excluding hydrogens is 403 g/mol. The molecule has 0 atom stereocenters. The predicted molar refractivity (Wildman–Crippen MR) is 104 cm³/mol. The van der Waals surface area contributed by atoms with Crippen molar-refractivity contribution in [3.63, 3.8) is 0 Å². The topological polar surface area (TPSA) is 76.1 Å². The van der Waals surface area contributed by atoms with E-state index in [2.05, 4.69) is 10.3 Å². The van der Waals surface area contributed by atoms with Crippen LogP contribution in [0, 0.1) is 0 Å². The fraction of sp³-hybridized carbons (Fsp3) is 0.375. The molecule has 0 aliphatic rings. The first kappa shape index (κ1) is 20.2. The number of nitrogens with zero attached hydrogens (tertiary/aromatic N) is 1. The van der Waals surface area contributed by atoms with Gasteiger partial charge < -0.3 is 5.32 Å². The molecule has 0 bridgehead atoms. The van der Waals surface area contributed by atoms with E-state index < -0.39 is 21.5 Å². The molecule has 2 aromatic rings. The number of unbranched alkanes of at least 4 members (excludes halogenated alkanes) is 2. The Morgan fingerprint density at radius 1 is 1.28 bits per heavy atom. The van der Waals surface area contributed by atoms with E-state index in [1.54, 1.807) is 23.6 Å². The molecular formula is C16H18Cl2N2O3S2. The SMILES string of the molecule is CCCCCS(=O)(=O)CC(=O)Nc1nc(-c2cc(Cl)ccc2Cl)cs1. The number of benzene rings is 1. The van der Waals surface area contributed by atoms with Crippen LogP contribution in [-0.4, -0.2) is 30.8 Å². The van der Waals surface area contributed by atoms with Crippen molar-refractivity contribution in [2.45, 2.75) is 26.2 Å². The molecule has 0 saturated carbocycles. The third kappa shape index (κ3) is 6.26. The number of anilines is 1. The number of rotatable bonds is 8. The lowest BCUT2D eigenvalue weighted by molar-refractivity contribution is -0.113. The van der Waals surface area contributed by atoms with Gasteiger partial charge in [0.05, 0.1) is 16.5 Å². The van der Waals surface area contributed by atoms with Crippen molar-refractivity contribution in [2.75, 3.05) is 16.8 Å². The molecule has 0 radical (unpaired) electrons.